The van der Waals surface area contributed by atoms with Gasteiger partial charge >= 0.3 is 0 Å². The molecule has 0 aliphatic rings. The molecule has 0 saturated heterocycles. The molecule has 0 fully saturated rings. The molecular weight excluding hydrogens is 304 g/mol. The molecule has 0 spiro atoms. The largest absolute Gasteiger partial charge is 0.300 e. The van der Waals surface area contributed by atoms with E-state index in [0.717, 1.165) is 45.0 Å². The second-order valence-electron chi connectivity index (χ2n) is 5.32. The van der Waals surface area contributed by atoms with Crippen molar-refractivity contribution in [1.82, 2.24) is 14.5 Å². The number of aromatic nitrogens is 3. The third kappa shape index (κ3) is 2.64. The minimum absolute atomic E-state index is 0.888. The molecule has 2 aromatic carbocycles. The lowest BCUT2D eigenvalue weighted by molar-refractivity contribution is 0.677. The predicted molar refractivity (Wildman–Crippen MR) is 94.9 cm³/mol. The minimum Gasteiger partial charge on any atom is -0.300 e. The van der Waals surface area contributed by atoms with Crippen LogP contribution in [0, 0.1) is 0 Å². The minimum atomic E-state index is 0.888. The zero-order chi connectivity index (χ0) is 15.6. The van der Waals surface area contributed by atoms with E-state index in [0.29, 0.717) is 0 Å². The van der Waals surface area contributed by atoms with Crippen LogP contribution >= 0.6 is 11.3 Å². The van der Waals surface area contributed by atoms with Crippen molar-refractivity contribution in [1.29, 1.82) is 0 Å². The van der Waals surface area contributed by atoms with Crippen LogP contribution in [0.3, 0.4) is 0 Å². The fourth-order valence-corrected chi connectivity index (χ4v) is 3.58. The number of hydrogen-bond donors (Lipinski definition) is 0. The number of para-hydroxylation sites is 3. The van der Waals surface area contributed by atoms with Crippen LogP contribution in [0.5, 0.6) is 0 Å². The molecule has 0 saturated carbocycles. The number of aryl methyl sites for hydroxylation is 1. The summed E-state index contributed by atoms with van der Waals surface area (Å²) in [5, 5.41) is 0. The maximum Gasteiger partial charge on any atom is 0.193 e. The molecule has 4 nitrogen and oxygen atoms in total. The molecule has 4 rings (SSSR count). The number of benzene rings is 2. The van der Waals surface area contributed by atoms with Gasteiger partial charge in [-0.1, -0.05) is 48.6 Å². The van der Waals surface area contributed by atoms with Gasteiger partial charge in [0.1, 0.15) is 0 Å². The second kappa shape index (κ2) is 5.93. The first kappa shape index (κ1) is 14.1. The van der Waals surface area contributed by atoms with Crippen LogP contribution in [0.25, 0.3) is 21.5 Å². The maximum atomic E-state index is 4.81. The van der Waals surface area contributed by atoms with Gasteiger partial charge < -0.3 is 0 Å². The van der Waals surface area contributed by atoms with Crippen LogP contribution < -0.4 is 4.80 Å². The first-order valence-electron chi connectivity index (χ1n) is 7.71. The van der Waals surface area contributed by atoms with Crippen LogP contribution in [-0.4, -0.2) is 14.5 Å². The lowest BCUT2D eigenvalue weighted by Crippen LogP contribution is -2.14. The summed E-state index contributed by atoms with van der Waals surface area (Å²) in [6.07, 6.45) is 1.03. The van der Waals surface area contributed by atoms with E-state index in [9.17, 15) is 0 Å². The third-order valence-corrected chi connectivity index (χ3v) is 4.59. The molecular formula is C18H16N4S. The summed E-state index contributed by atoms with van der Waals surface area (Å²) in [5.74, 6) is 0. The van der Waals surface area contributed by atoms with Crippen molar-refractivity contribution in [2.45, 2.75) is 19.9 Å². The van der Waals surface area contributed by atoms with Gasteiger partial charge in [-0.15, -0.1) is 0 Å². The SMILES string of the molecule is CCCn1c(=Nc2ccccc2)sc2nc3ccccc3nc21. The van der Waals surface area contributed by atoms with E-state index in [4.69, 9.17) is 15.0 Å². The van der Waals surface area contributed by atoms with E-state index in [-0.39, 0.29) is 0 Å². The van der Waals surface area contributed by atoms with E-state index in [1.807, 2.05) is 54.6 Å². The van der Waals surface area contributed by atoms with Crippen LogP contribution in [0.15, 0.2) is 59.6 Å². The van der Waals surface area contributed by atoms with E-state index >= 15 is 0 Å². The average molecular weight is 320 g/mol. The number of hydrogen-bond acceptors (Lipinski definition) is 4. The molecule has 23 heavy (non-hydrogen) atoms. The van der Waals surface area contributed by atoms with Gasteiger partial charge in [-0.25, -0.2) is 15.0 Å². The van der Waals surface area contributed by atoms with Crippen LogP contribution in [0.2, 0.25) is 0 Å². The Morgan fingerprint density at radius 1 is 0.957 bits per heavy atom. The Hall–Kier alpha value is -2.53. The fraction of sp³-hybridized carbons (Fsp3) is 0.167. The summed E-state index contributed by atoms with van der Waals surface area (Å²) in [4.78, 5) is 16.2. The van der Waals surface area contributed by atoms with Gasteiger partial charge in [-0.05, 0) is 30.7 Å². The van der Waals surface area contributed by atoms with Crippen molar-refractivity contribution in [3.05, 3.63) is 59.4 Å². The van der Waals surface area contributed by atoms with Crippen molar-refractivity contribution in [3.63, 3.8) is 0 Å². The molecule has 2 aromatic heterocycles. The molecule has 4 aromatic rings. The highest BCUT2D eigenvalue weighted by atomic mass is 32.1. The van der Waals surface area contributed by atoms with E-state index in [2.05, 4.69) is 11.5 Å². The molecule has 0 aliphatic heterocycles. The predicted octanol–water partition coefficient (Wildman–Crippen LogP) is 4.29. The highest BCUT2D eigenvalue weighted by Crippen LogP contribution is 2.19. The topological polar surface area (TPSA) is 43.1 Å². The highest BCUT2D eigenvalue weighted by molar-refractivity contribution is 7.15. The molecule has 0 unspecified atom stereocenters. The fourth-order valence-electron chi connectivity index (χ4n) is 2.57. The quantitative estimate of drug-likeness (QED) is 0.565. The van der Waals surface area contributed by atoms with Crippen molar-refractivity contribution in [3.8, 4) is 0 Å². The summed E-state index contributed by atoms with van der Waals surface area (Å²) in [7, 11) is 0. The average Bonchev–Trinajstić information content (AvgIpc) is 2.91. The van der Waals surface area contributed by atoms with Crippen LogP contribution in [-0.2, 0) is 6.54 Å². The van der Waals surface area contributed by atoms with Gasteiger partial charge in [0, 0.05) is 6.54 Å². The number of thiazole rings is 1. The summed E-state index contributed by atoms with van der Waals surface area (Å²) >= 11 is 1.60. The Morgan fingerprint density at radius 2 is 1.65 bits per heavy atom. The molecule has 114 valence electrons. The number of nitrogens with zero attached hydrogens (tertiary/aromatic N) is 4. The standard InChI is InChI=1S/C18H16N4S/c1-2-12-22-16-17(21-15-11-7-6-10-14(15)20-16)23-18(22)19-13-8-4-3-5-9-13/h3-11H,2,12H2,1H3. The van der Waals surface area contributed by atoms with E-state index in [1.165, 1.54) is 0 Å². The molecule has 2 heterocycles. The van der Waals surface area contributed by atoms with E-state index in [1.54, 1.807) is 11.3 Å². The Bertz CT molecular complexity index is 1030. The Balaban J connectivity index is 2.01. The monoisotopic (exact) mass is 320 g/mol. The maximum absolute atomic E-state index is 4.81. The second-order valence-corrected chi connectivity index (χ2v) is 6.28. The van der Waals surface area contributed by atoms with Gasteiger partial charge in [0.2, 0.25) is 0 Å². The summed E-state index contributed by atoms with van der Waals surface area (Å²) in [6, 6.07) is 18.0. The lowest BCUT2D eigenvalue weighted by Gasteiger charge is -2.02. The van der Waals surface area contributed by atoms with Crippen molar-refractivity contribution >= 4 is 38.5 Å². The zero-order valence-corrected chi connectivity index (χ0v) is 13.6. The van der Waals surface area contributed by atoms with Gasteiger partial charge in [-0.2, -0.15) is 0 Å². The van der Waals surface area contributed by atoms with Gasteiger partial charge in [0.25, 0.3) is 0 Å². The molecule has 0 atom stereocenters. The Kier molecular flexibility index (Phi) is 3.63. The van der Waals surface area contributed by atoms with E-state index < -0.39 is 0 Å². The molecule has 0 N–H and O–H groups in total. The first-order valence-corrected chi connectivity index (χ1v) is 8.52. The van der Waals surface area contributed by atoms with Gasteiger partial charge in [0.15, 0.2) is 15.3 Å². The number of fused-ring (bicyclic) bond motifs is 2. The normalized spacial score (nSPS) is 12.3. The molecule has 0 amide bonds. The van der Waals surface area contributed by atoms with Crippen molar-refractivity contribution in [2.75, 3.05) is 0 Å². The summed E-state index contributed by atoms with van der Waals surface area (Å²) < 4.78 is 2.17. The Labute approximate surface area is 137 Å². The zero-order valence-electron chi connectivity index (χ0n) is 12.8. The molecule has 5 heteroatoms. The Morgan fingerprint density at radius 3 is 2.39 bits per heavy atom. The van der Waals surface area contributed by atoms with Gasteiger partial charge in [-0.3, -0.25) is 4.57 Å². The molecule has 0 bridgehead atoms. The van der Waals surface area contributed by atoms with Crippen LogP contribution in [0.1, 0.15) is 13.3 Å². The molecule has 0 aliphatic carbocycles. The summed E-state index contributed by atoms with van der Waals surface area (Å²) in [5.41, 5.74) is 3.73. The van der Waals surface area contributed by atoms with Crippen molar-refractivity contribution in [2.24, 2.45) is 4.99 Å². The smallest absolute Gasteiger partial charge is 0.193 e. The van der Waals surface area contributed by atoms with Crippen molar-refractivity contribution < 1.29 is 0 Å². The number of rotatable bonds is 3. The lowest BCUT2D eigenvalue weighted by atomic mass is 10.3. The summed E-state index contributed by atoms with van der Waals surface area (Å²) in [6.45, 7) is 3.05. The molecule has 0 radical (unpaired) electrons. The highest BCUT2D eigenvalue weighted by Gasteiger charge is 2.10. The van der Waals surface area contributed by atoms with Crippen LogP contribution in [0.4, 0.5) is 5.69 Å². The first-order chi connectivity index (χ1) is 11.3. The third-order valence-electron chi connectivity index (χ3n) is 3.62. The van der Waals surface area contributed by atoms with Gasteiger partial charge in [0.05, 0.1) is 16.7 Å².